The molecular weight excluding hydrogens is 361 g/mol. The van der Waals surface area contributed by atoms with Crippen LogP contribution in [0.5, 0.6) is 0 Å². The first-order valence-electron chi connectivity index (χ1n) is 7.28. The minimum atomic E-state index is -3.79. The quantitative estimate of drug-likeness (QED) is 0.860. The highest BCUT2D eigenvalue weighted by molar-refractivity contribution is 7.89. The first-order valence-corrected chi connectivity index (χ1v) is 9.48. The molecule has 2 N–H and O–H groups in total. The van der Waals surface area contributed by atoms with Gasteiger partial charge in [0.15, 0.2) is 0 Å². The van der Waals surface area contributed by atoms with Crippen molar-refractivity contribution in [1.29, 1.82) is 0 Å². The number of hydrogen-bond donors (Lipinski definition) is 1. The van der Waals surface area contributed by atoms with Gasteiger partial charge in [0.2, 0.25) is 15.9 Å². The Morgan fingerprint density at radius 3 is 2.09 bits per heavy atom. The third kappa shape index (κ3) is 3.08. The van der Waals surface area contributed by atoms with Crippen molar-refractivity contribution in [2.45, 2.75) is 23.3 Å². The van der Waals surface area contributed by atoms with Crippen molar-refractivity contribution in [2.75, 3.05) is 26.2 Å². The van der Waals surface area contributed by atoms with Crippen molar-refractivity contribution < 1.29 is 13.2 Å². The van der Waals surface area contributed by atoms with Crippen LogP contribution in [0.1, 0.15) is 12.8 Å². The minimum absolute atomic E-state index is 0.0828. The van der Waals surface area contributed by atoms with Gasteiger partial charge in [-0.05, 0) is 25.0 Å². The Hall–Kier alpha value is -0.860. The van der Waals surface area contributed by atoms with Crippen LogP contribution in [-0.2, 0) is 14.8 Å². The summed E-state index contributed by atoms with van der Waals surface area (Å²) in [6.45, 7) is 1.04. The second-order valence-corrected chi connectivity index (χ2v) is 8.59. The SMILES string of the molecule is NC1(C(=O)N2CCN(S(=O)(=O)c3c(Cl)cccc3Cl)CC2)CC1. The molecule has 1 amide bonds. The number of hydrogen-bond acceptors (Lipinski definition) is 4. The van der Waals surface area contributed by atoms with E-state index in [0.717, 1.165) is 0 Å². The molecule has 6 nitrogen and oxygen atoms in total. The molecule has 1 aromatic rings. The number of benzene rings is 1. The van der Waals surface area contributed by atoms with E-state index in [-0.39, 0.29) is 33.9 Å². The monoisotopic (exact) mass is 377 g/mol. The summed E-state index contributed by atoms with van der Waals surface area (Å²) in [4.78, 5) is 13.8. The Morgan fingerprint density at radius 1 is 1.09 bits per heavy atom. The standard InChI is InChI=1S/C14H17Cl2N3O3S/c15-10-2-1-3-11(16)12(10)23(21,22)19-8-6-18(7-9-19)13(20)14(17)4-5-14/h1-3H,4-9,17H2. The van der Waals surface area contributed by atoms with Crippen LogP contribution in [0.2, 0.25) is 10.0 Å². The summed E-state index contributed by atoms with van der Waals surface area (Å²) >= 11 is 12.0. The minimum Gasteiger partial charge on any atom is -0.338 e. The summed E-state index contributed by atoms with van der Waals surface area (Å²) in [5, 5.41) is 0.185. The highest BCUT2D eigenvalue weighted by Gasteiger charge is 2.48. The predicted molar refractivity (Wildman–Crippen MR) is 88.0 cm³/mol. The largest absolute Gasteiger partial charge is 0.338 e. The molecule has 0 atom stereocenters. The number of nitrogens with zero attached hydrogens (tertiary/aromatic N) is 2. The zero-order valence-electron chi connectivity index (χ0n) is 12.3. The van der Waals surface area contributed by atoms with E-state index in [0.29, 0.717) is 25.9 Å². The van der Waals surface area contributed by atoms with Crippen molar-refractivity contribution in [3.05, 3.63) is 28.2 Å². The van der Waals surface area contributed by atoms with Gasteiger partial charge in [0.25, 0.3) is 0 Å². The fraction of sp³-hybridized carbons (Fsp3) is 0.500. The molecule has 9 heteroatoms. The van der Waals surface area contributed by atoms with Crippen molar-refractivity contribution in [1.82, 2.24) is 9.21 Å². The molecule has 1 saturated carbocycles. The molecule has 126 valence electrons. The van der Waals surface area contributed by atoms with Crippen molar-refractivity contribution >= 4 is 39.1 Å². The lowest BCUT2D eigenvalue weighted by Gasteiger charge is -2.35. The maximum Gasteiger partial charge on any atom is 0.246 e. The second kappa shape index (κ2) is 5.89. The second-order valence-electron chi connectivity index (χ2n) is 5.90. The lowest BCUT2D eigenvalue weighted by Crippen LogP contribution is -2.55. The highest BCUT2D eigenvalue weighted by Crippen LogP contribution is 2.35. The van der Waals surface area contributed by atoms with E-state index in [1.165, 1.54) is 16.4 Å². The summed E-state index contributed by atoms with van der Waals surface area (Å²) in [7, 11) is -3.79. The van der Waals surface area contributed by atoms with E-state index in [2.05, 4.69) is 0 Å². The van der Waals surface area contributed by atoms with Gasteiger partial charge in [-0.15, -0.1) is 0 Å². The van der Waals surface area contributed by atoms with Crippen LogP contribution in [-0.4, -0.2) is 55.2 Å². The molecule has 1 aromatic carbocycles. The maximum absolute atomic E-state index is 12.7. The van der Waals surface area contributed by atoms with Gasteiger partial charge >= 0.3 is 0 Å². The van der Waals surface area contributed by atoms with Crippen molar-refractivity contribution in [3.8, 4) is 0 Å². The Morgan fingerprint density at radius 2 is 1.61 bits per heavy atom. The summed E-state index contributed by atoms with van der Waals surface area (Å²) < 4.78 is 26.8. The molecular formula is C14H17Cl2N3O3S. The van der Waals surface area contributed by atoms with E-state index in [4.69, 9.17) is 28.9 Å². The molecule has 0 aromatic heterocycles. The van der Waals surface area contributed by atoms with E-state index >= 15 is 0 Å². The van der Waals surface area contributed by atoms with Gasteiger partial charge in [-0.25, -0.2) is 8.42 Å². The van der Waals surface area contributed by atoms with Crippen LogP contribution < -0.4 is 5.73 Å². The van der Waals surface area contributed by atoms with Crippen LogP contribution in [0, 0.1) is 0 Å². The summed E-state index contributed by atoms with van der Waals surface area (Å²) in [5.74, 6) is -0.0923. The molecule has 2 fully saturated rings. The molecule has 0 unspecified atom stereocenters. The zero-order valence-corrected chi connectivity index (χ0v) is 14.7. The van der Waals surface area contributed by atoms with Gasteiger partial charge in [-0.3, -0.25) is 4.79 Å². The average molecular weight is 378 g/mol. The number of halogens is 2. The lowest BCUT2D eigenvalue weighted by molar-refractivity contribution is -0.134. The molecule has 1 aliphatic carbocycles. The molecule has 0 spiro atoms. The van der Waals surface area contributed by atoms with E-state index in [1.807, 2.05) is 0 Å². The molecule has 1 saturated heterocycles. The van der Waals surface area contributed by atoms with Crippen LogP contribution in [0.4, 0.5) is 0 Å². The smallest absolute Gasteiger partial charge is 0.246 e. The normalized spacial score (nSPS) is 21.3. The molecule has 1 heterocycles. The number of carbonyl (C=O) groups is 1. The number of nitrogens with two attached hydrogens (primary N) is 1. The van der Waals surface area contributed by atoms with E-state index in [1.54, 1.807) is 11.0 Å². The van der Waals surface area contributed by atoms with Crippen LogP contribution in [0.3, 0.4) is 0 Å². The van der Waals surface area contributed by atoms with E-state index in [9.17, 15) is 13.2 Å². The maximum atomic E-state index is 12.7. The molecule has 0 bridgehead atoms. The third-order valence-corrected chi connectivity index (χ3v) is 7.11. The topological polar surface area (TPSA) is 83.7 Å². The summed E-state index contributed by atoms with van der Waals surface area (Å²) in [6, 6.07) is 4.58. The van der Waals surface area contributed by atoms with Crippen LogP contribution in [0.15, 0.2) is 23.1 Å². The first-order chi connectivity index (χ1) is 10.8. The third-order valence-electron chi connectivity index (χ3n) is 4.26. The van der Waals surface area contributed by atoms with Crippen LogP contribution >= 0.6 is 23.2 Å². The number of rotatable bonds is 3. The Labute approximate surface area is 145 Å². The molecule has 0 radical (unpaired) electrons. The van der Waals surface area contributed by atoms with Gasteiger partial charge < -0.3 is 10.6 Å². The first kappa shape index (κ1) is 17.0. The molecule has 3 rings (SSSR count). The Balaban J connectivity index is 1.75. The average Bonchev–Trinajstić information content (AvgIpc) is 3.25. The van der Waals surface area contributed by atoms with Gasteiger partial charge in [-0.1, -0.05) is 29.3 Å². The molecule has 2 aliphatic rings. The van der Waals surface area contributed by atoms with Crippen molar-refractivity contribution in [2.24, 2.45) is 5.73 Å². The van der Waals surface area contributed by atoms with Gasteiger partial charge in [0.05, 0.1) is 15.6 Å². The predicted octanol–water partition coefficient (Wildman–Crippen LogP) is 1.32. The zero-order chi connectivity index (χ0) is 16.8. The number of carbonyl (C=O) groups excluding carboxylic acids is 1. The van der Waals surface area contributed by atoms with Crippen molar-refractivity contribution in [3.63, 3.8) is 0 Å². The Kier molecular flexibility index (Phi) is 4.35. The summed E-state index contributed by atoms with van der Waals surface area (Å²) in [5.41, 5.74) is 5.19. The number of piperazine rings is 1. The fourth-order valence-electron chi connectivity index (χ4n) is 2.65. The van der Waals surface area contributed by atoms with Gasteiger partial charge in [0.1, 0.15) is 4.90 Å². The molecule has 23 heavy (non-hydrogen) atoms. The fourth-order valence-corrected chi connectivity index (χ4v) is 5.17. The van der Waals surface area contributed by atoms with Gasteiger partial charge in [-0.2, -0.15) is 4.31 Å². The molecule has 1 aliphatic heterocycles. The number of sulfonamides is 1. The highest BCUT2D eigenvalue weighted by atomic mass is 35.5. The lowest BCUT2D eigenvalue weighted by atomic mass is 10.2. The van der Waals surface area contributed by atoms with Gasteiger partial charge in [0, 0.05) is 26.2 Å². The Bertz CT molecular complexity index is 721. The van der Waals surface area contributed by atoms with Crippen LogP contribution in [0.25, 0.3) is 0 Å². The number of amides is 1. The van der Waals surface area contributed by atoms with E-state index < -0.39 is 15.6 Å². The summed E-state index contributed by atoms with van der Waals surface area (Å²) in [6.07, 6.45) is 1.39.